The molecule has 3 amide bonds. The van der Waals surface area contributed by atoms with Crippen molar-refractivity contribution >= 4 is 56.6 Å². The summed E-state index contributed by atoms with van der Waals surface area (Å²) in [6, 6.07) is 15.8. The summed E-state index contributed by atoms with van der Waals surface area (Å²) in [5.41, 5.74) is 5.84. The zero-order valence-corrected chi connectivity index (χ0v) is 47.1. The molecule has 7 unspecified atom stereocenters. The lowest BCUT2D eigenvalue weighted by Gasteiger charge is -2.35. The number of amides is 3. The monoisotopic (exact) mass is 1100 g/mol. The van der Waals surface area contributed by atoms with Gasteiger partial charge in [0.25, 0.3) is 0 Å². The molecule has 0 saturated carbocycles. The molecule has 4 aliphatic rings. The number of pyridine rings is 1. The van der Waals surface area contributed by atoms with E-state index in [9.17, 15) is 24.6 Å². The Morgan fingerprint density at radius 2 is 1.76 bits per heavy atom. The summed E-state index contributed by atoms with van der Waals surface area (Å²) in [7, 11) is 0. The second kappa shape index (κ2) is 24.1. The molecule has 7 atom stereocenters. The molecule has 4 aliphatic heterocycles. The average Bonchev–Trinajstić information content (AvgIpc) is 4.39. The summed E-state index contributed by atoms with van der Waals surface area (Å²) in [6.45, 7) is 15.7. The van der Waals surface area contributed by atoms with Gasteiger partial charge in [-0.2, -0.15) is 9.97 Å². The lowest BCUT2D eigenvalue weighted by Crippen LogP contribution is -2.58. The summed E-state index contributed by atoms with van der Waals surface area (Å²) in [6.07, 6.45) is 7.41. The molecule has 17 nitrogen and oxygen atoms in total. The maximum Gasteiger partial charge on any atom is 0.319 e. The van der Waals surface area contributed by atoms with Gasteiger partial charge in [-0.05, 0) is 117 Å². The van der Waals surface area contributed by atoms with Gasteiger partial charge in [0, 0.05) is 69.0 Å². The molecule has 420 valence electrons. The number of fused-ring (bicyclic) bond motifs is 4. The molecular weight excluding hydrogens is 1020 g/mol. The number of benzene rings is 3. The number of phenols is 1. The maximum atomic E-state index is 17.2. The van der Waals surface area contributed by atoms with Crippen molar-refractivity contribution in [1.82, 2.24) is 45.7 Å². The Bertz CT molecular complexity index is 3160. The highest BCUT2D eigenvalue weighted by Gasteiger charge is 2.45. The average molecular weight is 1100 g/mol. The molecule has 3 aromatic heterocycles. The minimum Gasteiger partial charge on any atom is -0.508 e. The Hall–Kier alpha value is -6.38. The fourth-order valence-electron chi connectivity index (χ4n) is 12.0. The number of carbonyl (C=O) groups is 3. The molecule has 5 N–H and O–H groups in total. The molecule has 4 saturated heterocycles. The maximum absolute atomic E-state index is 17.2. The number of piperazine rings is 1. The lowest BCUT2D eigenvalue weighted by atomic mass is 9.85. The second-order valence-corrected chi connectivity index (χ2v) is 23.9. The fourth-order valence-corrected chi connectivity index (χ4v) is 12.9. The minimum absolute atomic E-state index is 0.0101. The molecular formula is C60H75FN10O7S. The lowest BCUT2D eigenvalue weighted by molar-refractivity contribution is -0.144. The van der Waals surface area contributed by atoms with E-state index in [-0.39, 0.29) is 72.9 Å². The third-order valence-electron chi connectivity index (χ3n) is 16.3. The van der Waals surface area contributed by atoms with Crippen LogP contribution in [-0.2, 0) is 25.5 Å². The van der Waals surface area contributed by atoms with Gasteiger partial charge >= 0.3 is 6.01 Å². The molecule has 0 radical (unpaired) electrons. The van der Waals surface area contributed by atoms with Crippen LogP contribution in [-0.4, -0.2) is 147 Å². The van der Waals surface area contributed by atoms with Gasteiger partial charge in [0.05, 0.1) is 40.2 Å². The highest BCUT2D eigenvalue weighted by atomic mass is 32.1. The highest BCUT2D eigenvalue weighted by molar-refractivity contribution is 7.13. The molecule has 19 heteroatoms. The van der Waals surface area contributed by atoms with Crippen molar-refractivity contribution in [3.05, 3.63) is 88.9 Å². The third kappa shape index (κ3) is 12.5. The first-order valence-corrected chi connectivity index (χ1v) is 29.1. The van der Waals surface area contributed by atoms with Gasteiger partial charge < -0.3 is 45.4 Å². The predicted octanol–water partition coefficient (Wildman–Crippen LogP) is 8.02. The molecule has 7 heterocycles. The van der Waals surface area contributed by atoms with E-state index < -0.39 is 35.3 Å². The number of hydrogen-bond acceptors (Lipinski definition) is 15. The molecule has 10 rings (SSSR count). The fraction of sp³-hybridized carbons (Fsp3) is 0.517. The van der Waals surface area contributed by atoms with Crippen molar-refractivity contribution in [3.8, 4) is 33.5 Å². The van der Waals surface area contributed by atoms with Crippen LogP contribution in [0.5, 0.6) is 11.8 Å². The topological polar surface area (TPSA) is 208 Å². The number of aryl methyl sites for hydroxylation is 2. The first kappa shape index (κ1) is 55.9. The standard InChI is InChI=1S/C60H75FN10O7S/c1-7-37-12-10-13-40-26-44(72)27-46(50(37)40)52-51(61)53-47(29-62-52)56(70-30-41-19-20-42(31-70)65-41)68-59(67-53)78-33-43-14-11-23-69(43)22-8-9-24-77-25-21-49(74)66-55(60(4,5)6)58(76)71-32-45(73)28-48(71)57(75)64-35(2)38-15-17-39(18-16-38)54-36(3)63-34-79-54/h10,12-13,15-18,26-27,29,34-35,41-43,45,48,55,65,72-73H,7-9,11,14,19-25,28,30-33H2,1-6H3,(H,64,75)(H,66,74). The van der Waals surface area contributed by atoms with Crippen molar-refractivity contribution in [2.75, 3.05) is 57.4 Å². The van der Waals surface area contributed by atoms with Crippen LogP contribution in [0.25, 0.3) is 43.4 Å². The van der Waals surface area contributed by atoms with Crippen molar-refractivity contribution in [2.45, 2.75) is 142 Å². The zero-order valence-electron chi connectivity index (χ0n) is 46.3. The summed E-state index contributed by atoms with van der Waals surface area (Å²) >= 11 is 1.58. The number of nitrogens with zero attached hydrogens (tertiary/aromatic N) is 7. The number of anilines is 1. The quantitative estimate of drug-likeness (QED) is 0.0459. The first-order valence-electron chi connectivity index (χ1n) is 28.2. The van der Waals surface area contributed by atoms with Gasteiger partial charge in [-0.25, -0.2) is 9.37 Å². The van der Waals surface area contributed by atoms with Crippen molar-refractivity contribution < 1.29 is 38.5 Å². The number of aliphatic hydroxyl groups is 1. The number of unbranched alkanes of at least 4 members (excludes halogenated alkanes) is 1. The van der Waals surface area contributed by atoms with Crippen molar-refractivity contribution in [3.63, 3.8) is 0 Å². The summed E-state index contributed by atoms with van der Waals surface area (Å²) in [5.74, 6) is -1.05. The van der Waals surface area contributed by atoms with Gasteiger partial charge in [0.15, 0.2) is 5.82 Å². The minimum atomic E-state index is -0.937. The Kier molecular flexibility index (Phi) is 17.1. The number of likely N-dealkylation sites (tertiary alicyclic amines) is 2. The van der Waals surface area contributed by atoms with Crippen molar-refractivity contribution in [2.24, 2.45) is 5.41 Å². The molecule has 4 fully saturated rings. The van der Waals surface area contributed by atoms with Crippen LogP contribution in [0.2, 0.25) is 0 Å². The number of rotatable bonds is 20. The first-order chi connectivity index (χ1) is 38.0. The number of aliphatic hydroxyl groups excluding tert-OH is 1. The number of aromatic hydroxyl groups is 1. The van der Waals surface area contributed by atoms with Crippen LogP contribution in [0.3, 0.4) is 0 Å². The highest BCUT2D eigenvalue weighted by Crippen LogP contribution is 2.40. The second-order valence-electron chi connectivity index (χ2n) is 23.0. The summed E-state index contributed by atoms with van der Waals surface area (Å²) < 4.78 is 29.5. The predicted molar refractivity (Wildman–Crippen MR) is 305 cm³/mol. The number of carbonyl (C=O) groups excluding carboxylic acids is 3. The number of β-amino-alcohol motifs (C(OH)–C–C–N with tert-alkyl or cyclic N) is 1. The number of nitrogens with one attached hydrogen (secondary N) is 3. The largest absolute Gasteiger partial charge is 0.508 e. The van der Waals surface area contributed by atoms with Crippen LogP contribution in [0.1, 0.15) is 109 Å². The van der Waals surface area contributed by atoms with E-state index in [1.54, 1.807) is 29.7 Å². The van der Waals surface area contributed by atoms with Crippen LogP contribution >= 0.6 is 11.3 Å². The Labute approximate surface area is 465 Å². The number of aromatic nitrogens is 4. The van der Waals surface area contributed by atoms with Gasteiger partial charge in [-0.3, -0.25) is 24.3 Å². The van der Waals surface area contributed by atoms with E-state index in [4.69, 9.17) is 24.4 Å². The van der Waals surface area contributed by atoms with E-state index in [0.29, 0.717) is 42.1 Å². The van der Waals surface area contributed by atoms with Gasteiger partial charge in [-0.15, -0.1) is 11.3 Å². The Morgan fingerprint density at radius 3 is 2.49 bits per heavy atom. The van der Waals surface area contributed by atoms with Crippen LogP contribution in [0.15, 0.2) is 66.3 Å². The van der Waals surface area contributed by atoms with Crippen molar-refractivity contribution in [1.29, 1.82) is 0 Å². The molecule has 0 aliphatic carbocycles. The zero-order chi connectivity index (χ0) is 55.5. The van der Waals surface area contributed by atoms with Crippen LogP contribution in [0.4, 0.5) is 10.2 Å². The Balaban J connectivity index is 0.711. The normalized spacial score (nSPS) is 21.2. The molecule has 6 aromatic rings. The number of thiazole rings is 1. The van der Waals surface area contributed by atoms with Gasteiger partial charge in [-0.1, -0.05) is 70.2 Å². The number of phenolic OH excluding ortho intramolecular Hbond substituents is 1. The summed E-state index contributed by atoms with van der Waals surface area (Å²) in [4.78, 5) is 67.3. The number of ether oxygens (including phenoxy) is 2. The Morgan fingerprint density at radius 1 is 0.975 bits per heavy atom. The van der Waals surface area contributed by atoms with E-state index >= 15 is 4.39 Å². The number of hydrogen-bond donors (Lipinski definition) is 5. The van der Waals surface area contributed by atoms with E-state index in [1.165, 1.54) is 4.90 Å². The van der Waals surface area contributed by atoms with Crippen LogP contribution < -0.4 is 25.6 Å². The number of halogens is 1. The molecule has 0 spiro atoms. The van der Waals surface area contributed by atoms with Gasteiger partial charge in [0.1, 0.15) is 41.5 Å². The SMILES string of the molecule is CCc1cccc2cc(O)cc(-c3ncc4c(N5CC6CCC(C5)N6)nc(OCC5CCCN5CCCCOCCC(=O)NC(C(=O)N5CC(O)CC5C(=O)NC(C)c5ccc(-c6scnc6C)cc5)C(C)(C)C)nc4c3F)c12. The van der Waals surface area contributed by atoms with Gasteiger partial charge in [0.2, 0.25) is 17.7 Å². The van der Waals surface area contributed by atoms with E-state index in [1.807, 2.05) is 82.6 Å². The molecule has 3 aromatic carbocycles. The third-order valence-corrected chi connectivity index (χ3v) is 17.2. The smallest absolute Gasteiger partial charge is 0.319 e. The van der Waals surface area contributed by atoms with E-state index in [2.05, 4.69) is 37.7 Å². The molecule has 79 heavy (non-hydrogen) atoms. The van der Waals surface area contributed by atoms with E-state index in [0.717, 1.165) is 109 Å². The van der Waals surface area contributed by atoms with Crippen LogP contribution in [0, 0.1) is 18.2 Å². The molecule has 2 bridgehead atoms. The summed E-state index contributed by atoms with van der Waals surface area (Å²) in [5, 5.41) is 33.3.